The van der Waals surface area contributed by atoms with Crippen LogP contribution in [0, 0.1) is 10.1 Å². The second kappa shape index (κ2) is 14.7. The molecule has 3 aliphatic rings. The zero-order valence-electron chi connectivity index (χ0n) is 22.6. The minimum atomic E-state index is -1.98. The van der Waals surface area contributed by atoms with Gasteiger partial charge in [0.15, 0.2) is 12.6 Å². The van der Waals surface area contributed by atoms with Crippen LogP contribution < -0.4 is 4.74 Å². The molecule has 1 aromatic rings. The van der Waals surface area contributed by atoms with Crippen LogP contribution in [0.15, 0.2) is 18.2 Å². The van der Waals surface area contributed by atoms with E-state index < -0.39 is 117 Å². The van der Waals surface area contributed by atoms with Gasteiger partial charge in [0, 0.05) is 12.1 Å². The second-order valence-electron chi connectivity index (χ2n) is 10.3. The van der Waals surface area contributed by atoms with Crippen LogP contribution in [0.25, 0.3) is 0 Å². The van der Waals surface area contributed by atoms with Gasteiger partial charge in [-0.3, -0.25) is 10.1 Å². The molecule has 3 saturated heterocycles. The number of hydrogen-bond acceptors (Lipinski definition) is 18. The maximum atomic E-state index is 10.9. The van der Waals surface area contributed by atoms with Gasteiger partial charge in [-0.25, -0.2) is 0 Å². The Bertz CT molecular complexity index is 1110. The van der Waals surface area contributed by atoms with E-state index in [1.165, 1.54) is 0 Å². The number of ether oxygens (including phenoxy) is 6. The molecule has 3 heterocycles. The number of aliphatic hydroxyl groups is 10. The summed E-state index contributed by atoms with van der Waals surface area (Å²) in [4.78, 5) is 10.2. The SMILES string of the molecule is O=[N+]([O-])c1ccc(O[C@@H]2O[C@H](CO)[C@@H](O[C@H]3O[C@H](CO)[C@@H](O[C@H]4O[C@H](CO)[C@@H](O)[C@H](O)[C@H]4O)[C@H](O)[C@H]3O)[C@H](O)[C@H]2O)c(Cl)c1. The van der Waals surface area contributed by atoms with E-state index in [0.29, 0.717) is 0 Å². The van der Waals surface area contributed by atoms with Crippen molar-refractivity contribution in [3.05, 3.63) is 33.3 Å². The predicted octanol–water partition coefficient (Wildman–Crippen LogP) is -4.92. The summed E-state index contributed by atoms with van der Waals surface area (Å²) in [6.45, 7) is -2.47. The van der Waals surface area contributed by atoms with Crippen LogP contribution >= 0.6 is 11.6 Å². The lowest BCUT2D eigenvalue weighted by atomic mass is 9.96. The summed E-state index contributed by atoms with van der Waals surface area (Å²) in [6, 6.07) is 3.18. The highest BCUT2D eigenvalue weighted by Crippen LogP contribution is 2.35. The number of rotatable bonds is 10. The predicted molar refractivity (Wildman–Crippen MR) is 138 cm³/mol. The molecule has 250 valence electrons. The monoisotopic (exact) mass is 659 g/mol. The summed E-state index contributed by atoms with van der Waals surface area (Å²) in [7, 11) is 0. The molecule has 3 fully saturated rings. The number of nitro benzene ring substituents is 1. The van der Waals surface area contributed by atoms with Crippen molar-refractivity contribution in [2.45, 2.75) is 92.1 Å². The molecule has 19 nitrogen and oxygen atoms in total. The molecule has 0 radical (unpaired) electrons. The summed E-state index contributed by atoms with van der Waals surface area (Å²) >= 11 is 6.01. The van der Waals surface area contributed by atoms with Crippen molar-refractivity contribution >= 4 is 17.3 Å². The first-order valence-electron chi connectivity index (χ1n) is 13.3. The smallest absolute Gasteiger partial charge is 0.271 e. The Kier molecular flexibility index (Phi) is 11.7. The quantitative estimate of drug-likeness (QED) is 0.0831. The normalized spacial score (nSPS) is 43.0. The van der Waals surface area contributed by atoms with Gasteiger partial charge in [-0.05, 0) is 6.07 Å². The molecule has 15 atom stereocenters. The molecule has 0 aromatic heterocycles. The molecular weight excluding hydrogens is 626 g/mol. The van der Waals surface area contributed by atoms with E-state index in [0.717, 1.165) is 18.2 Å². The maximum Gasteiger partial charge on any atom is 0.271 e. The van der Waals surface area contributed by atoms with Gasteiger partial charge in [-0.2, -0.15) is 0 Å². The summed E-state index contributed by atoms with van der Waals surface area (Å²) in [5.74, 6) is -0.157. The Hall–Kier alpha value is -1.89. The van der Waals surface area contributed by atoms with Gasteiger partial charge in [-0.15, -0.1) is 0 Å². The Morgan fingerprint density at radius 1 is 0.682 bits per heavy atom. The number of benzene rings is 1. The van der Waals surface area contributed by atoms with E-state index in [9.17, 15) is 61.2 Å². The second-order valence-corrected chi connectivity index (χ2v) is 10.7. The third kappa shape index (κ3) is 7.08. The minimum Gasteiger partial charge on any atom is -0.460 e. The molecule has 10 N–H and O–H groups in total. The first-order chi connectivity index (χ1) is 20.8. The van der Waals surface area contributed by atoms with Crippen molar-refractivity contribution in [3.63, 3.8) is 0 Å². The Labute approximate surface area is 253 Å². The van der Waals surface area contributed by atoms with Gasteiger partial charge < -0.3 is 79.5 Å². The highest BCUT2D eigenvalue weighted by molar-refractivity contribution is 6.32. The van der Waals surface area contributed by atoms with Crippen molar-refractivity contribution in [2.75, 3.05) is 19.8 Å². The molecule has 1 aromatic carbocycles. The van der Waals surface area contributed by atoms with Crippen LogP contribution in [0.1, 0.15) is 0 Å². The number of aliphatic hydroxyl groups excluding tert-OH is 10. The van der Waals surface area contributed by atoms with Crippen LogP contribution in [0.3, 0.4) is 0 Å². The minimum absolute atomic E-state index is 0.157. The Morgan fingerprint density at radius 3 is 1.61 bits per heavy atom. The molecule has 0 amide bonds. The third-order valence-electron chi connectivity index (χ3n) is 7.44. The lowest BCUT2D eigenvalue weighted by Crippen LogP contribution is -2.66. The van der Waals surface area contributed by atoms with Crippen LogP contribution in [0.4, 0.5) is 5.69 Å². The summed E-state index contributed by atoms with van der Waals surface area (Å²) in [6.07, 6.45) is -25.9. The fraction of sp³-hybridized carbons (Fsp3) is 0.750. The fourth-order valence-corrected chi connectivity index (χ4v) is 5.18. The fourth-order valence-electron chi connectivity index (χ4n) is 4.96. The largest absolute Gasteiger partial charge is 0.460 e. The lowest BCUT2D eigenvalue weighted by Gasteiger charge is -2.48. The highest BCUT2D eigenvalue weighted by atomic mass is 35.5. The molecule has 0 saturated carbocycles. The molecule has 0 unspecified atom stereocenters. The van der Waals surface area contributed by atoms with Crippen LogP contribution in [0.2, 0.25) is 5.02 Å². The van der Waals surface area contributed by atoms with E-state index >= 15 is 0 Å². The number of hydrogen-bond donors (Lipinski definition) is 10. The maximum absolute atomic E-state index is 10.9. The van der Waals surface area contributed by atoms with E-state index in [4.69, 9.17) is 40.0 Å². The zero-order chi connectivity index (χ0) is 32.5. The lowest BCUT2D eigenvalue weighted by molar-refractivity contribution is -0.384. The first kappa shape index (κ1) is 35.0. The zero-order valence-corrected chi connectivity index (χ0v) is 23.3. The van der Waals surface area contributed by atoms with Crippen molar-refractivity contribution in [1.82, 2.24) is 0 Å². The Morgan fingerprint density at radius 2 is 1.14 bits per heavy atom. The molecule has 20 heteroatoms. The summed E-state index contributed by atoms with van der Waals surface area (Å²) in [5, 5.41) is 113. The van der Waals surface area contributed by atoms with Crippen molar-refractivity contribution < 1.29 is 84.4 Å². The molecule has 0 spiro atoms. The van der Waals surface area contributed by atoms with Gasteiger partial charge >= 0.3 is 0 Å². The van der Waals surface area contributed by atoms with E-state index in [-0.39, 0.29) is 16.5 Å². The van der Waals surface area contributed by atoms with E-state index in [2.05, 4.69) is 0 Å². The average molecular weight is 660 g/mol. The van der Waals surface area contributed by atoms with Crippen molar-refractivity contribution in [1.29, 1.82) is 0 Å². The first-order valence-corrected chi connectivity index (χ1v) is 13.7. The van der Waals surface area contributed by atoms with Gasteiger partial charge in [0.25, 0.3) is 5.69 Å². The van der Waals surface area contributed by atoms with Gasteiger partial charge in [0.1, 0.15) is 79.0 Å². The van der Waals surface area contributed by atoms with Gasteiger partial charge in [-0.1, -0.05) is 11.6 Å². The average Bonchev–Trinajstić information content (AvgIpc) is 3.00. The van der Waals surface area contributed by atoms with Crippen LogP contribution in [-0.4, -0.2) is 168 Å². The number of nitro groups is 1. The van der Waals surface area contributed by atoms with Crippen LogP contribution in [0.5, 0.6) is 5.75 Å². The third-order valence-corrected chi connectivity index (χ3v) is 7.74. The number of nitrogens with zero attached hydrogens (tertiary/aromatic N) is 1. The number of non-ortho nitro benzene ring substituents is 1. The van der Waals surface area contributed by atoms with E-state index in [1.807, 2.05) is 0 Å². The molecule has 0 aliphatic carbocycles. The van der Waals surface area contributed by atoms with E-state index in [1.54, 1.807) is 0 Å². The van der Waals surface area contributed by atoms with Gasteiger partial charge in [0.05, 0.1) is 29.8 Å². The van der Waals surface area contributed by atoms with Crippen molar-refractivity contribution in [3.8, 4) is 5.75 Å². The number of halogens is 1. The summed E-state index contributed by atoms with van der Waals surface area (Å²) < 4.78 is 32.8. The van der Waals surface area contributed by atoms with Crippen LogP contribution in [-0.2, 0) is 23.7 Å². The molecular formula is C24H34ClNO18. The molecule has 3 aliphatic heterocycles. The highest BCUT2D eigenvalue weighted by Gasteiger charge is 2.53. The van der Waals surface area contributed by atoms with Gasteiger partial charge in [0.2, 0.25) is 6.29 Å². The van der Waals surface area contributed by atoms with Crippen molar-refractivity contribution in [2.24, 2.45) is 0 Å². The standard InChI is InChI=1S/C24H34ClNO18/c25-8-3-7(26(37)38)1-2-9(8)39-22-18(35)15(32)20(11(5-28)41-22)44-24-19(36)16(33)21(12(6-29)42-24)43-23-17(34)14(31)13(30)10(4-27)40-23/h1-3,10-24,27-36H,4-6H2/t10-,11-,12-,13-,14+,15-,16-,17-,18-,19-,20-,21-,22-,23-,24-/m1/s1. The molecule has 44 heavy (non-hydrogen) atoms. The molecule has 4 rings (SSSR count). The summed E-state index contributed by atoms with van der Waals surface area (Å²) in [5.41, 5.74) is -0.343. The molecule has 0 bridgehead atoms. The topological polar surface area (TPSA) is 301 Å². The Balaban J connectivity index is 1.44.